The van der Waals surface area contributed by atoms with E-state index in [1.54, 1.807) is 0 Å². The lowest BCUT2D eigenvalue weighted by molar-refractivity contribution is 0.102. The number of amides is 1. The van der Waals surface area contributed by atoms with E-state index in [4.69, 9.17) is 0 Å². The zero-order chi connectivity index (χ0) is 19.6. The van der Waals surface area contributed by atoms with E-state index in [0.717, 1.165) is 25.3 Å². The summed E-state index contributed by atoms with van der Waals surface area (Å²) in [5.41, 5.74) is -0.781. The van der Waals surface area contributed by atoms with E-state index >= 15 is 0 Å². The molecule has 1 fully saturated rings. The molecule has 0 unspecified atom stereocenters. The van der Waals surface area contributed by atoms with Crippen molar-refractivity contribution in [2.24, 2.45) is 0 Å². The maximum atomic E-state index is 13.8. The minimum Gasteiger partial charge on any atom is -0.319 e. The van der Waals surface area contributed by atoms with Crippen molar-refractivity contribution >= 4 is 21.6 Å². The molecule has 27 heavy (non-hydrogen) atoms. The quantitative estimate of drug-likeness (QED) is 0.802. The van der Waals surface area contributed by atoms with E-state index in [1.165, 1.54) is 28.6 Å². The fraction of sp³-hybridized carbons (Fsp3) is 0.278. The highest BCUT2D eigenvalue weighted by Gasteiger charge is 2.30. The van der Waals surface area contributed by atoms with Crippen molar-refractivity contribution in [2.75, 3.05) is 18.4 Å². The molecule has 0 bridgehead atoms. The smallest absolute Gasteiger partial charge is 0.257 e. The Morgan fingerprint density at radius 1 is 0.926 bits per heavy atom. The largest absolute Gasteiger partial charge is 0.319 e. The number of sulfonamides is 1. The highest BCUT2D eigenvalue weighted by Crippen LogP contribution is 2.25. The van der Waals surface area contributed by atoms with Crippen LogP contribution in [0.4, 0.5) is 18.9 Å². The Morgan fingerprint density at radius 2 is 1.59 bits per heavy atom. The fourth-order valence-corrected chi connectivity index (χ4v) is 4.64. The fourth-order valence-electron chi connectivity index (χ4n) is 2.94. The molecule has 0 aromatic heterocycles. The van der Waals surface area contributed by atoms with Crippen LogP contribution in [-0.4, -0.2) is 31.7 Å². The van der Waals surface area contributed by atoms with Gasteiger partial charge in [-0.05, 0) is 37.1 Å². The molecule has 144 valence electrons. The number of halogens is 3. The molecule has 2 aromatic carbocycles. The van der Waals surface area contributed by atoms with Crippen LogP contribution in [0.3, 0.4) is 0 Å². The van der Waals surface area contributed by atoms with Crippen molar-refractivity contribution in [1.29, 1.82) is 0 Å². The molecule has 0 aliphatic carbocycles. The summed E-state index contributed by atoms with van der Waals surface area (Å²) in [7, 11) is -3.91. The average Bonchev–Trinajstić information content (AvgIpc) is 2.69. The number of hydrogen-bond donors (Lipinski definition) is 1. The molecule has 1 amide bonds. The number of piperidine rings is 1. The van der Waals surface area contributed by atoms with Gasteiger partial charge in [0.1, 0.15) is 0 Å². The normalized spacial score (nSPS) is 15.5. The van der Waals surface area contributed by atoms with Gasteiger partial charge in [0.05, 0.1) is 16.1 Å². The van der Waals surface area contributed by atoms with Gasteiger partial charge < -0.3 is 5.32 Å². The highest BCUT2D eigenvalue weighted by molar-refractivity contribution is 7.89. The third kappa shape index (κ3) is 3.84. The van der Waals surface area contributed by atoms with Crippen molar-refractivity contribution in [3.63, 3.8) is 0 Å². The molecule has 1 heterocycles. The minimum atomic E-state index is -3.91. The summed E-state index contributed by atoms with van der Waals surface area (Å²) >= 11 is 0. The number of nitrogens with one attached hydrogen (secondary N) is 1. The van der Waals surface area contributed by atoms with E-state index in [9.17, 15) is 26.4 Å². The lowest BCUT2D eigenvalue weighted by Gasteiger charge is -2.26. The Bertz CT molecular complexity index is 974. The number of carbonyl (C=O) groups excluding carboxylic acids is 1. The van der Waals surface area contributed by atoms with Crippen LogP contribution in [0, 0.1) is 17.5 Å². The van der Waals surface area contributed by atoms with Crippen LogP contribution < -0.4 is 5.32 Å². The van der Waals surface area contributed by atoms with Gasteiger partial charge in [-0.3, -0.25) is 4.79 Å². The van der Waals surface area contributed by atoms with Gasteiger partial charge in [-0.1, -0.05) is 18.6 Å². The van der Waals surface area contributed by atoms with Gasteiger partial charge in [0.2, 0.25) is 10.0 Å². The first kappa shape index (κ1) is 19.4. The first-order valence-electron chi connectivity index (χ1n) is 8.36. The molecule has 1 aliphatic rings. The van der Waals surface area contributed by atoms with Crippen LogP contribution in [0.5, 0.6) is 0 Å². The van der Waals surface area contributed by atoms with Crippen LogP contribution in [0.15, 0.2) is 41.3 Å². The monoisotopic (exact) mass is 398 g/mol. The second-order valence-electron chi connectivity index (χ2n) is 6.14. The van der Waals surface area contributed by atoms with Crippen LogP contribution in [0.25, 0.3) is 0 Å². The van der Waals surface area contributed by atoms with Gasteiger partial charge in [0.15, 0.2) is 17.5 Å². The lowest BCUT2D eigenvalue weighted by Crippen LogP contribution is -2.36. The summed E-state index contributed by atoms with van der Waals surface area (Å²) in [5.74, 6) is -5.60. The predicted octanol–water partition coefficient (Wildman–Crippen LogP) is 3.53. The Kier molecular flexibility index (Phi) is 5.52. The average molecular weight is 398 g/mol. The van der Waals surface area contributed by atoms with Crippen LogP contribution >= 0.6 is 0 Å². The summed E-state index contributed by atoms with van der Waals surface area (Å²) < 4.78 is 67.3. The molecular weight excluding hydrogens is 381 g/mol. The SMILES string of the molecule is O=C(Nc1ccc(F)c(F)c1F)c1ccccc1S(=O)(=O)N1CCCCC1. The van der Waals surface area contributed by atoms with Gasteiger partial charge in [-0.15, -0.1) is 0 Å². The summed E-state index contributed by atoms with van der Waals surface area (Å²) in [5, 5.41) is 2.11. The number of nitrogens with zero attached hydrogens (tertiary/aromatic N) is 1. The third-order valence-electron chi connectivity index (χ3n) is 4.35. The molecule has 0 radical (unpaired) electrons. The number of carbonyl (C=O) groups is 1. The summed E-state index contributed by atoms with van der Waals surface area (Å²) in [6.45, 7) is 0.714. The van der Waals surface area contributed by atoms with Crippen LogP contribution in [0.2, 0.25) is 0 Å². The zero-order valence-corrected chi connectivity index (χ0v) is 15.0. The minimum absolute atomic E-state index is 0.202. The van der Waals surface area contributed by atoms with Gasteiger partial charge in [-0.25, -0.2) is 21.6 Å². The van der Waals surface area contributed by atoms with Crippen LogP contribution in [0.1, 0.15) is 29.6 Å². The molecule has 3 rings (SSSR count). The van der Waals surface area contributed by atoms with E-state index in [1.807, 2.05) is 0 Å². The van der Waals surface area contributed by atoms with Crippen molar-refractivity contribution in [3.8, 4) is 0 Å². The van der Waals surface area contributed by atoms with Gasteiger partial charge in [0.25, 0.3) is 5.91 Å². The van der Waals surface area contributed by atoms with E-state index in [2.05, 4.69) is 5.32 Å². The van der Waals surface area contributed by atoms with Crippen molar-refractivity contribution in [2.45, 2.75) is 24.2 Å². The molecule has 2 aromatic rings. The molecule has 1 aliphatic heterocycles. The molecule has 5 nitrogen and oxygen atoms in total. The molecule has 1 N–H and O–H groups in total. The predicted molar refractivity (Wildman–Crippen MR) is 93.3 cm³/mol. The second-order valence-corrected chi connectivity index (χ2v) is 8.04. The summed E-state index contributed by atoms with van der Waals surface area (Å²) in [4.78, 5) is 12.3. The van der Waals surface area contributed by atoms with E-state index in [-0.39, 0.29) is 10.5 Å². The van der Waals surface area contributed by atoms with Gasteiger partial charge in [0, 0.05) is 13.1 Å². The molecule has 0 spiro atoms. The van der Waals surface area contributed by atoms with Crippen LogP contribution in [-0.2, 0) is 10.0 Å². The van der Waals surface area contributed by atoms with E-state index < -0.39 is 39.1 Å². The number of benzene rings is 2. The Balaban J connectivity index is 1.94. The number of anilines is 1. The maximum absolute atomic E-state index is 13.8. The standard InChI is InChI=1S/C18H17F3N2O3S/c19-13-8-9-14(17(21)16(13)20)22-18(24)12-6-2-3-7-15(12)27(25,26)23-10-4-1-5-11-23/h2-3,6-9H,1,4-5,10-11H2,(H,22,24). The first-order chi connectivity index (χ1) is 12.8. The Labute approximate surface area is 154 Å². The summed E-state index contributed by atoms with van der Waals surface area (Å²) in [6, 6.07) is 7.06. The second kappa shape index (κ2) is 7.69. The zero-order valence-electron chi connectivity index (χ0n) is 14.2. The number of rotatable bonds is 4. The molecule has 0 atom stereocenters. The Morgan fingerprint density at radius 3 is 2.30 bits per heavy atom. The van der Waals surface area contributed by atoms with Gasteiger partial charge in [-0.2, -0.15) is 4.31 Å². The highest BCUT2D eigenvalue weighted by atomic mass is 32.2. The number of hydrogen-bond acceptors (Lipinski definition) is 3. The lowest BCUT2D eigenvalue weighted by atomic mass is 10.2. The van der Waals surface area contributed by atoms with Crippen molar-refractivity contribution in [1.82, 2.24) is 4.31 Å². The van der Waals surface area contributed by atoms with Crippen molar-refractivity contribution in [3.05, 3.63) is 59.4 Å². The third-order valence-corrected chi connectivity index (χ3v) is 6.30. The first-order valence-corrected chi connectivity index (χ1v) is 9.80. The van der Waals surface area contributed by atoms with Gasteiger partial charge >= 0.3 is 0 Å². The molecular formula is C18H17F3N2O3S. The molecule has 9 heteroatoms. The summed E-state index contributed by atoms with van der Waals surface area (Å²) in [6.07, 6.45) is 2.39. The molecule has 1 saturated heterocycles. The van der Waals surface area contributed by atoms with Crippen molar-refractivity contribution < 1.29 is 26.4 Å². The topological polar surface area (TPSA) is 66.5 Å². The maximum Gasteiger partial charge on any atom is 0.257 e. The molecule has 0 saturated carbocycles. The Hall–Kier alpha value is -2.39. The van der Waals surface area contributed by atoms with E-state index in [0.29, 0.717) is 19.2 Å².